The maximum atomic E-state index is 9.91. The number of aliphatic hydroxyl groups is 1. The Kier molecular flexibility index (Phi) is 5.63. The fourth-order valence-electron chi connectivity index (χ4n) is 2.17. The molecule has 0 bridgehead atoms. The highest BCUT2D eigenvalue weighted by Gasteiger charge is 2.15. The predicted molar refractivity (Wildman–Crippen MR) is 74.5 cm³/mol. The van der Waals surface area contributed by atoms with Crippen LogP contribution in [-0.4, -0.2) is 43.6 Å². The SMILES string of the molecule is Cc1ccccc1OCC(O)CNC1CCOCC1. The number of nitrogens with one attached hydrogen (secondary N) is 1. The monoisotopic (exact) mass is 265 g/mol. The summed E-state index contributed by atoms with van der Waals surface area (Å²) in [6.07, 6.45) is 1.55. The highest BCUT2D eigenvalue weighted by atomic mass is 16.5. The predicted octanol–water partition coefficient (Wildman–Crippen LogP) is 1.50. The number of para-hydroxylation sites is 1. The summed E-state index contributed by atoms with van der Waals surface area (Å²) in [6, 6.07) is 8.30. The van der Waals surface area contributed by atoms with Crippen LogP contribution in [0.5, 0.6) is 5.75 Å². The molecule has 0 saturated carbocycles. The first-order chi connectivity index (χ1) is 9.25. The third kappa shape index (κ3) is 4.82. The van der Waals surface area contributed by atoms with Crippen LogP contribution < -0.4 is 10.1 Å². The molecule has 1 aromatic rings. The Hall–Kier alpha value is -1.10. The van der Waals surface area contributed by atoms with Gasteiger partial charge in [0.05, 0.1) is 0 Å². The minimum atomic E-state index is -0.484. The average Bonchev–Trinajstić information content (AvgIpc) is 2.45. The summed E-state index contributed by atoms with van der Waals surface area (Å²) in [6.45, 7) is 4.51. The van der Waals surface area contributed by atoms with Gasteiger partial charge in [-0.3, -0.25) is 0 Å². The first-order valence-corrected chi connectivity index (χ1v) is 6.93. The van der Waals surface area contributed by atoms with Crippen LogP contribution in [0.3, 0.4) is 0 Å². The number of aryl methyl sites for hydroxylation is 1. The maximum absolute atomic E-state index is 9.91. The summed E-state index contributed by atoms with van der Waals surface area (Å²) in [4.78, 5) is 0. The van der Waals surface area contributed by atoms with E-state index in [4.69, 9.17) is 9.47 Å². The summed E-state index contributed by atoms with van der Waals surface area (Å²) in [7, 11) is 0. The molecule has 1 heterocycles. The molecule has 0 amide bonds. The van der Waals surface area contributed by atoms with Crippen molar-refractivity contribution >= 4 is 0 Å². The number of aliphatic hydroxyl groups excluding tert-OH is 1. The number of rotatable bonds is 6. The lowest BCUT2D eigenvalue weighted by Gasteiger charge is -2.24. The first kappa shape index (κ1) is 14.3. The van der Waals surface area contributed by atoms with E-state index in [0.717, 1.165) is 37.4 Å². The Morgan fingerprint density at radius 2 is 2.11 bits per heavy atom. The molecular weight excluding hydrogens is 242 g/mol. The summed E-state index contributed by atoms with van der Waals surface area (Å²) in [5, 5.41) is 13.3. The van der Waals surface area contributed by atoms with Gasteiger partial charge in [0.25, 0.3) is 0 Å². The van der Waals surface area contributed by atoms with Gasteiger partial charge in [-0.25, -0.2) is 0 Å². The quantitative estimate of drug-likeness (QED) is 0.818. The Morgan fingerprint density at radius 3 is 2.84 bits per heavy atom. The smallest absolute Gasteiger partial charge is 0.122 e. The van der Waals surface area contributed by atoms with Crippen LogP contribution in [0.1, 0.15) is 18.4 Å². The van der Waals surface area contributed by atoms with Crippen molar-refractivity contribution in [2.45, 2.75) is 31.9 Å². The van der Waals surface area contributed by atoms with Gasteiger partial charge in [-0.1, -0.05) is 18.2 Å². The van der Waals surface area contributed by atoms with Crippen LogP contribution >= 0.6 is 0 Å². The van der Waals surface area contributed by atoms with Crippen LogP contribution in [0.4, 0.5) is 0 Å². The third-order valence-electron chi connectivity index (χ3n) is 3.39. The molecule has 2 N–H and O–H groups in total. The molecule has 1 fully saturated rings. The fraction of sp³-hybridized carbons (Fsp3) is 0.600. The Balaban J connectivity index is 1.66. The standard InChI is InChI=1S/C15H23NO3/c1-12-4-2-3-5-15(12)19-11-14(17)10-16-13-6-8-18-9-7-13/h2-5,13-14,16-17H,6-11H2,1H3. The van der Waals surface area contributed by atoms with E-state index in [1.807, 2.05) is 31.2 Å². The fourth-order valence-corrected chi connectivity index (χ4v) is 2.17. The van der Waals surface area contributed by atoms with Crippen molar-refractivity contribution in [1.82, 2.24) is 5.32 Å². The van der Waals surface area contributed by atoms with Gasteiger partial charge in [0.2, 0.25) is 0 Å². The molecule has 0 spiro atoms. The zero-order valence-electron chi connectivity index (χ0n) is 11.5. The van der Waals surface area contributed by atoms with E-state index in [9.17, 15) is 5.11 Å². The number of benzene rings is 1. The van der Waals surface area contributed by atoms with Gasteiger partial charge in [-0.05, 0) is 31.4 Å². The van der Waals surface area contributed by atoms with Crippen LogP contribution in [-0.2, 0) is 4.74 Å². The van der Waals surface area contributed by atoms with Crippen LogP contribution in [0.25, 0.3) is 0 Å². The lowest BCUT2D eigenvalue weighted by Crippen LogP contribution is -2.40. The van der Waals surface area contributed by atoms with Crippen molar-refractivity contribution in [2.75, 3.05) is 26.4 Å². The van der Waals surface area contributed by atoms with E-state index >= 15 is 0 Å². The zero-order valence-corrected chi connectivity index (χ0v) is 11.5. The molecule has 106 valence electrons. The molecule has 1 aliphatic heterocycles. The zero-order chi connectivity index (χ0) is 13.5. The van der Waals surface area contributed by atoms with Gasteiger partial charge in [-0.15, -0.1) is 0 Å². The molecule has 1 atom stereocenters. The van der Waals surface area contributed by atoms with Gasteiger partial charge >= 0.3 is 0 Å². The molecule has 1 saturated heterocycles. The van der Waals surface area contributed by atoms with Crippen molar-refractivity contribution in [3.05, 3.63) is 29.8 Å². The number of hydrogen-bond donors (Lipinski definition) is 2. The molecule has 0 radical (unpaired) electrons. The molecular formula is C15H23NO3. The van der Waals surface area contributed by atoms with Crippen molar-refractivity contribution in [2.24, 2.45) is 0 Å². The molecule has 1 aliphatic rings. The van der Waals surface area contributed by atoms with E-state index in [1.165, 1.54) is 0 Å². The minimum Gasteiger partial charge on any atom is -0.491 e. The number of ether oxygens (including phenoxy) is 2. The molecule has 2 rings (SSSR count). The largest absolute Gasteiger partial charge is 0.491 e. The van der Waals surface area contributed by atoms with Gasteiger partial charge in [-0.2, -0.15) is 0 Å². The van der Waals surface area contributed by atoms with E-state index in [0.29, 0.717) is 19.2 Å². The highest BCUT2D eigenvalue weighted by molar-refractivity contribution is 5.31. The summed E-state index contributed by atoms with van der Waals surface area (Å²) < 4.78 is 10.9. The van der Waals surface area contributed by atoms with Crippen LogP contribution in [0.2, 0.25) is 0 Å². The van der Waals surface area contributed by atoms with Crippen molar-refractivity contribution in [1.29, 1.82) is 0 Å². The second-order valence-electron chi connectivity index (χ2n) is 5.03. The summed E-state index contributed by atoms with van der Waals surface area (Å²) >= 11 is 0. The second kappa shape index (κ2) is 7.48. The maximum Gasteiger partial charge on any atom is 0.122 e. The summed E-state index contributed by atoms with van der Waals surface area (Å²) in [5.41, 5.74) is 1.09. The molecule has 4 nitrogen and oxygen atoms in total. The van der Waals surface area contributed by atoms with E-state index < -0.39 is 6.10 Å². The molecule has 0 aromatic heterocycles. The summed E-state index contributed by atoms with van der Waals surface area (Å²) in [5.74, 6) is 0.840. The molecule has 19 heavy (non-hydrogen) atoms. The Labute approximate surface area is 114 Å². The van der Waals surface area contributed by atoms with E-state index in [-0.39, 0.29) is 0 Å². The molecule has 1 aromatic carbocycles. The van der Waals surface area contributed by atoms with Gasteiger partial charge in [0, 0.05) is 25.8 Å². The normalized spacial score (nSPS) is 18.2. The number of hydrogen-bond acceptors (Lipinski definition) is 4. The molecule has 1 unspecified atom stereocenters. The van der Waals surface area contributed by atoms with E-state index in [1.54, 1.807) is 0 Å². The van der Waals surface area contributed by atoms with Gasteiger partial charge in [0.15, 0.2) is 0 Å². The minimum absolute atomic E-state index is 0.321. The van der Waals surface area contributed by atoms with Crippen molar-refractivity contribution in [3.8, 4) is 5.75 Å². The Morgan fingerprint density at radius 1 is 1.37 bits per heavy atom. The lowest BCUT2D eigenvalue weighted by atomic mass is 10.1. The topological polar surface area (TPSA) is 50.7 Å². The third-order valence-corrected chi connectivity index (χ3v) is 3.39. The molecule has 0 aliphatic carbocycles. The van der Waals surface area contributed by atoms with Gasteiger partial charge < -0.3 is 19.9 Å². The lowest BCUT2D eigenvalue weighted by molar-refractivity contribution is 0.0654. The van der Waals surface area contributed by atoms with Gasteiger partial charge in [0.1, 0.15) is 18.5 Å². The van der Waals surface area contributed by atoms with Crippen LogP contribution in [0, 0.1) is 6.92 Å². The second-order valence-corrected chi connectivity index (χ2v) is 5.03. The average molecular weight is 265 g/mol. The Bertz CT molecular complexity index is 377. The molecule has 4 heteroatoms. The van der Waals surface area contributed by atoms with Crippen molar-refractivity contribution in [3.63, 3.8) is 0 Å². The first-order valence-electron chi connectivity index (χ1n) is 6.93. The van der Waals surface area contributed by atoms with E-state index in [2.05, 4.69) is 5.32 Å². The van der Waals surface area contributed by atoms with Crippen molar-refractivity contribution < 1.29 is 14.6 Å². The highest BCUT2D eigenvalue weighted by Crippen LogP contribution is 2.16. The van der Waals surface area contributed by atoms with Crippen LogP contribution in [0.15, 0.2) is 24.3 Å².